The summed E-state index contributed by atoms with van der Waals surface area (Å²) in [5.74, 6) is -0.314. The van der Waals surface area contributed by atoms with Crippen LogP contribution < -0.4 is 5.73 Å². The quantitative estimate of drug-likeness (QED) is 0.481. The zero-order chi connectivity index (χ0) is 12.7. The van der Waals surface area contributed by atoms with Gasteiger partial charge in [-0.25, -0.2) is 9.78 Å². The van der Waals surface area contributed by atoms with Crippen LogP contribution in [0.25, 0.3) is 5.57 Å². The number of hydrogen-bond acceptors (Lipinski definition) is 5. The average Bonchev–Trinajstić information content (AvgIpc) is 2.72. The van der Waals surface area contributed by atoms with E-state index in [1.807, 2.05) is 13.0 Å². The normalized spacial score (nSPS) is 11.5. The first kappa shape index (κ1) is 13.7. The zero-order valence-electron chi connectivity index (χ0n) is 10.2. The molecule has 0 saturated carbocycles. The van der Waals surface area contributed by atoms with Gasteiger partial charge >= 0.3 is 5.97 Å². The number of nitrogens with two attached hydrogens (primary N) is 1. The van der Waals surface area contributed by atoms with Crippen LogP contribution in [0.2, 0.25) is 0 Å². The van der Waals surface area contributed by atoms with Crippen molar-refractivity contribution < 1.29 is 9.53 Å². The number of thiazole rings is 1. The minimum absolute atomic E-state index is 0.314. The second-order valence-electron chi connectivity index (χ2n) is 3.59. The van der Waals surface area contributed by atoms with Crippen LogP contribution in [0, 0.1) is 0 Å². The Morgan fingerprint density at radius 1 is 1.59 bits per heavy atom. The fourth-order valence-corrected chi connectivity index (χ4v) is 1.86. The number of aromatic nitrogens is 1. The Balaban J connectivity index is 2.73. The van der Waals surface area contributed by atoms with Gasteiger partial charge in [-0.15, -0.1) is 11.3 Å². The van der Waals surface area contributed by atoms with Crippen LogP contribution in [0.4, 0.5) is 5.13 Å². The number of hydrogen-bond donors (Lipinski definition) is 1. The third kappa shape index (κ3) is 4.19. The maximum Gasteiger partial charge on any atom is 0.340 e. The Morgan fingerprint density at radius 3 is 2.88 bits per heavy atom. The monoisotopic (exact) mass is 254 g/mol. The lowest BCUT2D eigenvalue weighted by Gasteiger charge is -2.05. The molecule has 1 heterocycles. The second-order valence-corrected chi connectivity index (χ2v) is 4.48. The number of rotatable bonds is 6. The molecule has 1 rings (SSSR count). The predicted molar refractivity (Wildman–Crippen MR) is 70.7 cm³/mol. The molecule has 0 unspecified atom stereocenters. The van der Waals surface area contributed by atoms with E-state index >= 15 is 0 Å². The number of anilines is 1. The van der Waals surface area contributed by atoms with E-state index in [9.17, 15) is 4.79 Å². The largest absolute Gasteiger partial charge is 0.462 e. The number of carbonyl (C=O) groups excluding carboxylic acids is 1. The van der Waals surface area contributed by atoms with E-state index in [0.29, 0.717) is 23.0 Å². The molecule has 0 fully saturated rings. The first-order chi connectivity index (χ1) is 8.19. The molecule has 0 aliphatic heterocycles. The molecule has 0 aromatic carbocycles. The summed E-state index contributed by atoms with van der Waals surface area (Å²) in [6.45, 7) is 4.48. The fourth-order valence-electron chi connectivity index (χ4n) is 1.29. The van der Waals surface area contributed by atoms with Crippen molar-refractivity contribution in [3.63, 3.8) is 0 Å². The molecular weight excluding hydrogens is 236 g/mol. The number of allylic oxidation sites excluding steroid dienone is 1. The van der Waals surface area contributed by atoms with Crippen LogP contribution in [0.3, 0.4) is 0 Å². The van der Waals surface area contributed by atoms with E-state index in [-0.39, 0.29) is 5.97 Å². The Morgan fingerprint density at radius 2 is 2.35 bits per heavy atom. The average molecular weight is 254 g/mol. The summed E-state index contributed by atoms with van der Waals surface area (Å²) in [5, 5.41) is 2.24. The lowest BCUT2D eigenvalue weighted by Crippen LogP contribution is -2.08. The van der Waals surface area contributed by atoms with Gasteiger partial charge in [0.05, 0.1) is 17.9 Å². The molecule has 17 heavy (non-hydrogen) atoms. The Hall–Kier alpha value is -1.36. The molecule has 0 amide bonds. The van der Waals surface area contributed by atoms with Crippen LogP contribution in [-0.4, -0.2) is 17.6 Å². The summed E-state index contributed by atoms with van der Waals surface area (Å²) in [5.41, 5.74) is 6.68. The molecular formula is C12H18N2O2S. The van der Waals surface area contributed by atoms with E-state index in [0.717, 1.165) is 19.3 Å². The van der Waals surface area contributed by atoms with Crippen molar-refractivity contribution in [3.05, 3.63) is 17.2 Å². The van der Waals surface area contributed by atoms with E-state index in [1.165, 1.54) is 11.3 Å². The molecule has 0 radical (unpaired) electrons. The van der Waals surface area contributed by atoms with Gasteiger partial charge in [-0.05, 0) is 12.8 Å². The molecule has 0 aliphatic rings. The van der Waals surface area contributed by atoms with Gasteiger partial charge in [-0.1, -0.05) is 26.3 Å². The summed E-state index contributed by atoms with van der Waals surface area (Å²) in [6.07, 6.45) is 4.46. The summed E-state index contributed by atoms with van der Waals surface area (Å²) in [6, 6.07) is 0. The van der Waals surface area contributed by atoms with E-state index < -0.39 is 0 Å². The first-order valence-electron chi connectivity index (χ1n) is 5.77. The molecule has 0 saturated heterocycles. The van der Waals surface area contributed by atoms with E-state index in [4.69, 9.17) is 10.5 Å². The van der Waals surface area contributed by atoms with Crippen LogP contribution in [0.5, 0.6) is 0 Å². The maximum atomic E-state index is 11.9. The molecule has 0 atom stereocenters. The van der Waals surface area contributed by atoms with Crippen molar-refractivity contribution in [1.29, 1.82) is 0 Å². The topological polar surface area (TPSA) is 65.2 Å². The summed E-state index contributed by atoms with van der Waals surface area (Å²) >= 11 is 1.32. The second kappa shape index (κ2) is 7.06. The lowest BCUT2D eigenvalue weighted by atomic mass is 10.2. The smallest absolute Gasteiger partial charge is 0.340 e. The molecule has 0 bridgehead atoms. The number of nitrogen functional groups attached to an aromatic ring is 1. The van der Waals surface area contributed by atoms with Crippen molar-refractivity contribution in [2.24, 2.45) is 0 Å². The van der Waals surface area contributed by atoms with Crippen molar-refractivity contribution in [2.45, 2.75) is 33.1 Å². The Bertz CT molecular complexity index is 399. The molecule has 1 aromatic rings. The van der Waals surface area contributed by atoms with Crippen LogP contribution in [0.1, 0.15) is 38.8 Å². The first-order valence-corrected chi connectivity index (χ1v) is 6.65. The third-order valence-electron chi connectivity index (χ3n) is 2.16. The van der Waals surface area contributed by atoms with Gasteiger partial charge in [-0.2, -0.15) is 0 Å². The standard InChI is InChI=1S/C12H18N2O2S/c1-3-5-7-16-11(15)9(6-4-2)10-8-17-12(13)14-10/h6,8H,3-5,7H2,1-2H3,(H2,13,14). The third-order valence-corrected chi connectivity index (χ3v) is 2.83. The summed E-state index contributed by atoms with van der Waals surface area (Å²) < 4.78 is 5.18. The molecule has 94 valence electrons. The highest BCUT2D eigenvalue weighted by Crippen LogP contribution is 2.21. The van der Waals surface area contributed by atoms with Crippen molar-refractivity contribution in [2.75, 3.05) is 12.3 Å². The summed E-state index contributed by atoms with van der Waals surface area (Å²) in [4.78, 5) is 16.0. The van der Waals surface area contributed by atoms with Gasteiger partial charge in [0.15, 0.2) is 5.13 Å². The van der Waals surface area contributed by atoms with Gasteiger partial charge in [0.1, 0.15) is 0 Å². The van der Waals surface area contributed by atoms with Gasteiger partial charge in [0, 0.05) is 5.38 Å². The van der Waals surface area contributed by atoms with Gasteiger partial charge in [-0.3, -0.25) is 0 Å². The number of carbonyl (C=O) groups is 1. The molecule has 0 spiro atoms. The molecule has 2 N–H and O–H groups in total. The minimum Gasteiger partial charge on any atom is -0.462 e. The van der Waals surface area contributed by atoms with Crippen molar-refractivity contribution >= 4 is 28.0 Å². The highest BCUT2D eigenvalue weighted by Gasteiger charge is 2.15. The highest BCUT2D eigenvalue weighted by atomic mass is 32.1. The SMILES string of the molecule is CCC=C(C(=O)OCCCC)c1csc(N)n1. The predicted octanol–water partition coefficient (Wildman–Crippen LogP) is 2.86. The lowest BCUT2D eigenvalue weighted by molar-refractivity contribution is -0.136. The fraction of sp³-hybridized carbons (Fsp3) is 0.500. The molecule has 5 heteroatoms. The summed E-state index contributed by atoms with van der Waals surface area (Å²) in [7, 11) is 0. The van der Waals surface area contributed by atoms with Crippen LogP contribution >= 0.6 is 11.3 Å². The Kier molecular flexibility index (Phi) is 5.69. The van der Waals surface area contributed by atoms with E-state index in [2.05, 4.69) is 11.9 Å². The van der Waals surface area contributed by atoms with E-state index in [1.54, 1.807) is 5.38 Å². The number of ether oxygens (including phenoxy) is 1. The van der Waals surface area contributed by atoms with Gasteiger partial charge in [0.2, 0.25) is 0 Å². The maximum absolute atomic E-state index is 11.9. The molecule has 0 aliphatic carbocycles. The van der Waals surface area contributed by atoms with Crippen molar-refractivity contribution in [3.8, 4) is 0 Å². The minimum atomic E-state index is -0.314. The number of esters is 1. The zero-order valence-corrected chi connectivity index (χ0v) is 11.0. The van der Waals surface area contributed by atoms with Crippen LogP contribution in [-0.2, 0) is 9.53 Å². The highest BCUT2D eigenvalue weighted by molar-refractivity contribution is 7.13. The number of unbranched alkanes of at least 4 members (excludes halogenated alkanes) is 1. The van der Waals surface area contributed by atoms with Crippen LogP contribution in [0.15, 0.2) is 11.5 Å². The number of nitrogens with zero attached hydrogens (tertiary/aromatic N) is 1. The Labute approximate surface area is 106 Å². The molecule has 4 nitrogen and oxygen atoms in total. The van der Waals surface area contributed by atoms with Gasteiger partial charge in [0.25, 0.3) is 0 Å². The van der Waals surface area contributed by atoms with Crippen molar-refractivity contribution in [1.82, 2.24) is 4.98 Å². The molecule has 1 aromatic heterocycles. The van der Waals surface area contributed by atoms with Gasteiger partial charge < -0.3 is 10.5 Å².